The third kappa shape index (κ3) is 3.93. The Hall–Kier alpha value is -2.13. The molecule has 0 bridgehead atoms. The maximum Gasteiger partial charge on any atom is 0.251 e. The summed E-state index contributed by atoms with van der Waals surface area (Å²) in [4.78, 5) is 15.2. The quantitative estimate of drug-likeness (QED) is 0.867. The summed E-state index contributed by atoms with van der Waals surface area (Å²) in [5, 5.41) is 3.19. The minimum Gasteiger partial charge on any atom is -0.351 e. The van der Waals surface area contributed by atoms with E-state index in [1.165, 1.54) is 38.8 Å². The lowest BCUT2D eigenvalue weighted by Crippen LogP contribution is -2.37. The Kier molecular flexibility index (Phi) is 4.58. The molecule has 0 spiro atoms. The molecule has 1 N–H and O–H groups in total. The van der Waals surface area contributed by atoms with Crippen molar-refractivity contribution >= 4 is 5.91 Å². The number of rotatable bonds is 6. The summed E-state index contributed by atoms with van der Waals surface area (Å²) in [5.74, 6) is 0.0467. The van der Waals surface area contributed by atoms with Gasteiger partial charge in [0.15, 0.2) is 0 Å². The number of hydrogen-bond acceptors (Lipinski definition) is 2. The lowest BCUT2D eigenvalue weighted by molar-refractivity contribution is 0.0940. The van der Waals surface area contributed by atoms with Crippen LogP contribution in [0.3, 0.4) is 0 Å². The number of carbonyl (C=O) groups excluding carboxylic acids is 1. The first-order chi connectivity index (χ1) is 12.2. The second-order valence-electron chi connectivity index (χ2n) is 7.61. The normalized spacial score (nSPS) is 18.9. The number of benzene rings is 2. The Balaban J connectivity index is 1.38. The predicted molar refractivity (Wildman–Crippen MR) is 102 cm³/mol. The number of carbonyl (C=O) groups is 1. The van der Waals surface area contributed by atoms with Crippen molar-refractivity contribution in [3.05, 3.63) is 60.2 Å². The molecule has 1 aliphatic heterocycles. The SMILES string of the molecule is O=C(NCC1(CN2CCCC2)CC1)c1cccc(-c2ccccc2)c1. The molecule has 0 atom stereocenters. The minimum absolute atomic E-state index is 0.0467. The monoisotopic (exact) mass is 334 g/mol. The zero-order valence-electron chi connectivity index (χ0n) is 14.7. The van der Waals surface area contributed by atoms with E-state index in [-0.39, 0.29) is 5.91 Å². The molecule has 0 aromatic heterocycles. The van der Waals surface area contributed by atoms with Crippen LogP contribution in [-0.2, 0) is 0 Å². The Labute approximate surface area is 150 Å². The van der Waals surface area contributed by atoms with Gasteiger partial charge in [0.05, 0.1) is 0 Å². The molecule has 0 radical (unpaired) electrons. The van der Waals surface area contributed by atoms with Gasteiger partial charge in [0.25, 0.3) is 5.91 Å². The molecule has 0 unspecified atom stereocenters. The van der Waals surface area contributed by atoms with E-state index in [1.807, 2.05) is 36.4 Å². The highest BCUT2D eigenvalue weighted by Crippen LogP contribution is 2.46. The van der Waals surface area contributed by atoms with Crippen molar-refractivity contribution in [1.82, 2.24) is 10.2 Å². The molecule has 1 aliphatic carbocycles. The standard InChI is InChI=1S/C22H26N2O/c25-21(23-16-22(11-12-22)17-24-13-4-5-14-24)20-10-6-9-19(15-20)18-7-2-1-3-8-18/h1-3,6-10,15H,4-5,11-14,16-17H2,(H,23,25). The first-order valence-corrected chi connectivity index (χ1v) is 9.40. The summed E-state index contributed by atoms with van der Waals surface area (Å²) in [6.45, 7) is 4.42. The van der Waals surface area contributed by atoms with Gasteiger partial charge >= 0.3 is 0 Å². The van der Waals surface area contributed by atoms with Gasteiger partial charge in [0.2, 0.25) is 0 Å². The van der Waals surface area contributed by atoms with Crippen molar-refractivity contribution in [2.75, 3.05) is 26.2 Å². The van der Waals surface area contributed by atoms with Crippen LogP contribution in [0.5, 0.6) is 0 Å². The van der Waals surface area contributed by atoms with Crippen LogP contribution < -0.4 is 5.32 Å². The maximum absolute atomic E-state index is 12.6. The number of hydrogen-bond donors (Lipinski definition) is 1. The fourth-order valence-corrected chi connectivity index (χ4v) is 3.82. The maximum atomic E-state index is 12.6. The van der Waals surface area contributed by atoms with Gasteiger partial charge in [0, 0.05) is 24.1 Å². The largest absolute Gasteiger partial charge is 0.351 e. The number of nitrogens with one attached hydrogen (secondary N) is 1. The summed E-state index contributed by atoms with van der Waals surface area (Å²) < 4.78 is 0. The van der Waals surface area contributed by atoms with Crippen LogP contribution in [0.25, 0.3) is 11.1 Å². The van der Waals surface area contributed by atoms with E-state index >= 15 is 0 Å². The molecular formula is C22H26N2O. The smallest absolute Gasteiger partial charge is 0.251 e. The second kappa shape index (κ2) is 7.01. The van der Waals surface area contributed by atoms with E-state index in [9.17, 15) is 4.79 Å². The van der Waals surface area contributed by atoms with E-state index in [4.69, 9.17) is 0 Å². The zero-order valence-corrected chi connectivity index (χ0v) is 14.7. The molecular weight excluding hydrogens is 308 g/mol. The predicted octanol–water partition coefficient (Wildman–Crippen LogP) is 3.96. The molecule has 1 saturated carbocycles. The summed E-state index contributed by atoms with van der Waals surface area (Å²) in [6, 6.07) is 18.1. The molecule has 130 valence electrons. The summed E-state index contributed by atoms with van der Waals surface area (Å²) >= 11 is 0. The average Bonchev–Trinajstić information content (AvgIpc) is 3.23. The van der Waals surface area contributed by atoms with Gasteiger partial charge in [-0.05, 0) is 62.0 Å². The Morgan fingerprint density at radius 2 is 1.68 bits per heavy atom. The third-order valence-corrected chi connectivity index (χ3v) is 5.57. The topological polar surface area (TPSA) is 32.3 Å². The van der Waals surface area contributed by atoms with Gasteiger partial charge in [-0.15, -0.1) is 0 Å². The van der Waals surface area contributed by atoms with Crippen molar-refractivity contribution < 1.29 is 4.79 Å². The molecule has 3 heteroatoms. The van der Waals surface area contributed by atoms with Gasteiger partial charge in [-0.3, -0.25) is 4.79 Å². The first kappa shape index (κ1) is 16.3. The summed E-state index contributed by atoms with van der Waals surface area (Å²) in [7, 11) is 0. The molecule has 25 heavy (non-hydrogen) atoms. The van der Waals surface area contributed by atoms with E-state index in [2.05, 4.69) is 28.4 Å². The first-order valence-electron chi connectivity index (χ1n) is 9.40. The van der Waals surface area contributed by atoms with Crippen LogP contribution in [0, 0.1) is 5.41 Å². The van der Waals surface area contributed by atoms with Gasteiger partial charge in [-0.25, -0.2) is 0 Å². The highest BCUT2D eigenvalue weighted by molar-refractivity contribution is 5.95. The Morgan fingerprint density at radius 3 is 2.40 bits per heavy atom. The molecule has 2 fully saturated rings. The van der Waals surface area contributed by atoms with Gasteiger partial charge < -0.3 is 10.2 Å². The molecule has 2 aromatic rings. The van der Waals surface area contributed by atoms with Crippen molar-refractivity contribution in [1.29, 1.82) is 0 Å². The number of likely N-dealkylation sites (tertiary alicyclic amines) is 1. The fraction of sp³-hybridized carbons (Fsp3) is 0.409. The van der Waals surface area contributed by atoms with Crippen molar-refractivity contribution in [3.8, 4) is 11.1 Å². The fourth-order valence-electron chi connectivity index (χ4n) is 3.82. The van der Waals surface area contributed by atoms with Crippen molar-refractivity contribution in [2.45, 2.75) is 25.7 Å². The van der Waals surface area contributed by atoms with Crippen molar-refractivity contribution in [3.63, 3.8) is 0 Å². The zero-order chi connectivity index (χ0) is 17.1. The van der Waals surface area contributed by atoms with Crippen molar-refractivity contribution in [2.24, 2.45) is 5.41 Å². The average molecular weight is 334 g/mol. The van der Waals surface area contributed by atoms with Gasteiger partial charge in [-0.2, -0.15) is 0 Å². The van der Waals surface area contributed by atoms with Crippen LogP contribution in [0.2, 0.25) is 0 Å². The highest BCUT2D eigenvalue weighted by atomic mass is 16.1. The van der Waals surface area contributed by atoms with Gasteiger partial charge in [-0.1, -0.05) is 42.5 Å². The molecule has 2 aliphatic rings. The lowest BCUT2D eigenvalue weighted by atomic mass is 10.0. The van der Waals surface area contributed by atoms with Crippen LogP contribution in [0.1, 0.15) is 36.0 Å². The molecule has 1 amide bonds. The number of amides is 1. The third-order valence-electron chi connectivity index (χ3n) is 5.57. The van der Waals surface area contributed by atoms with Gasteiger partial charge in [0.1, 0.15) is 0 Å². The second-order valence-corrected chi connectivity index (χ2v) is 7.61. The van der Waals surface area contributed by atoms with Crippen LogP contribution in [0.15, 0.2) is 54.6 Å². The van der Waals surface area contributed by atoms with Crippen LogP contribution >= 0.6 is 0 Å². The number of nitrogens with zero attached hydrogens (tertiary/aromatic N) is 1. The van der Waals surface area contributed by atoms with E-state index in [0.29, 0.717) is 5.41 Å². The Bertz CT molecular complexity index is 731. The molecule has 1 saturated heterocycles. The van der Waals surface area contributed by atoms with E-state index in [0.717, 1.165) is 29.8 Å². The summed E-state index contributed by atoms with van der Waals surface area (Å²) in [5.41, 5.74) is 3.31. The highest BCUT2D eigenvalue weighted by Gasteiger charge is 2.44. The van der Waals surface area contributed by atoms with Crippen LogP contribution in [-0.4, -0.2) is 37.0 Å². The summed E-state index contributed by atoms with van der Waals surface area (Å²) in [6.07, 6.45) is 5.14. The van der Waals surface area contributed by atoms with E-state index < -0.39 is 0 Å². The van der Waals surface area contributed by atoms with Crippen LogP contribution in [0.4, 0.5) is 0 Å². The molecule has 2 aromatic carbocycles. The van der Waals surface area contributed by atoms with E-state index in [1.54, 1.807) is 0 Å². The lowest BCUT2D eigenvalue weighted by Gasteiger charge is -2.23. The Morgan fingerprint density at radius 1 is 0.960 bits per heavy atom. The minimum atomic E-state index is 0.0467. The molecule has 1 heterocycles. The molecule has 3 nitrogen and oxygen atoms in total. The molecule has 4 rings (SSSR count).